The molecular formula is C13H19N3OS. The van der Waals surface area contributed by atoms with Crippen molar-refractivity contribution in [1.82, 2.24) is 10.3 Å². The number of rotatable bonds is 4. The molecule has 98 valence electrons. The van der Waals surface area contributed by atoms with Crippen molar-refractivity contribution in [1.29, 1.82) is 0 Å². The van der Waals surface area contributed by atoms with E-state index in [0.717, 1.165) is 18.9 Å². The Hall–Kier alpha value is -1.23. The SMILES string of the molecule is C[C@@H]1CN(c2ccccn2)C[C@H]1C(=O)NCCS. The Morgan fingerprint density at radius 1 is 1.56 bits per heavy atom. The molecule has 2 rings (SSSR count). The molecule has 1 saturated heterocycles. The smallest absolute Gasteiger partial charge is 0.225 e. The maximum atomic E-state index is 12.0. The minimum absolute atomic E-state index is 0.0480. The van der Waals surface area contributed by atoms with Crippen molar-refractivity contribution in [2.24, 2.45) is 11.8 Å². The average molecular weight is 265 g/mol. The highest BCUT2D eigenvalue weighted by Gasteiger charge is 2.34. The molecule has 0 spiro atoms. The number of pyridine rings is 1. The van der Waals surface area contributed by atoms with Crippen LogP contribution >= 0.6 is 12.6 Å². The second-order valence-corrected chi connectivity index (χ2v) is 5.14. The summed E-state index contributed by atoms with van der Waals surface area (Å²) in [5.41, 5.74) is 0. The molecule has 1 aromatic heterocycles. The monoisotopic (exact) mass is 265 g/mol. The normalized spacial score (nSPS) is 23.1. The lowest BCUT2D eigenvalue weighted by molar-refractivity contribution is -0.125. The van der Waals surface area contributed by atoms with Crippen LogP contribution in [0.4, 0.5) is 5.82 Å². The molecule has 0 radical (unpaired) electrons. The van der Waals surface area contributed by atoms with E-state index in [9.17, 15) is 4.79 Å². The Morgan fingerprint density at radius 3 is 3.06 bits per heavy atom. The molecule has 1 fully saturated rings. The molecule has 5 heteroatoms. The topological polar surface area (TPSA) is 45.2 Å². The molecule has 1 N–H and O–H groups in total. The molecule has 2 heterocycles. The molecule has 1 aliphatic rings. The summed E-state index contributed by atoms with van der Waals surface area (Å²) in [4.78, 5) is 18.5. The van der Waals surface area contributed by atoms with Gasteiger partial charge in [-0.2, -0.15) is 12.6 Å². The lowest BCUT2D eigenvalue weighted by Gasteiger charge is -2.16. The fourth-order valence-corrected chi connectivity index (χ4v) is 2.46. The predicted molar refractivity (Wildman–Crippen MR) is 76.0 cm³/mol. The Morgan fingerprint density at radius 2 is 2.39 bits per heavy atom. The lowest BCUT2D eigenvalue weighted by atomic mass is 9.97. The third-order valence-electron chi connectivity index (χ3n) is 3.33. The minimum atomic E-state index is 0.0480. The fraction of sp³-hybridized carbons (Fsp3) is 0.538. The third kappa shape index (κ3) is 2.96. The van der Waals surface area contributed by atoms with Crippen LogP contribution < -0.4 is 10.2 Å². The van der Waals surface area contributed by atoms with E-state index in [-0.39, 0.29) is 11.8 Å². The minimum Gasteiger partial charge on any atom is -0.356 e. The van der Waals surface area contributed by atoms with Crippen molar-refractivity contribution >= 4 is 24.4 Å². The van der Waals surface area contributed by atoms with E-state index in [0.29, 0.717) is 18.2 Å². The maximum Gasteiger partial charge on any atom is 0.225 e. The Bertz CT molecular complexity index is 398. The van der Waals surface area contributed by atoms with E-state index in [4.69, 9.17) is 0 Å². The van der Waals surface area contributed by atoms with Crippen molar-refractivity contribution in [2.75, 3.05) is 30.3 Å². The van der Waals surface area contributed by atoms with Crippen molar-refractivity contribution in [3.05, 3.63) is 24.4 Å². The van der Waals surface area contributed by atoms with E-state index < -0.39 is 0 Å². The summed E-state index contributed by atoms with van der Waals surface area (Å²) in [7, 11) is 0. The van der Waals surface area contributed by atoms with Crippen LogP contribution in [0.5, 0.6) is 0 Å². The van der Waals surface area contributed by atoms with E-state index in [1.165, 1.54) is 0 Å². The molecule has 2 atom stereocenters. The summed E-state index contributed by atoms with van der Waals surface area (Å²) in [5, 5.41) is 2.91. The number of anilines is 1. The summed E-state index contributed by atoms with van der Waals surface area (Å²) >= 11 is 4.10. The van der Waals surface area contributed by atoms with Gasteiger partial charge in [-0.1, -0.05) is 13.0 Å². The summed E-state index contributed by atoms with van der Waals surface area (Å²) in [6.07, 6.45) is 1.79. The van der Waals surface area contributed by atoms with Crippen molar-refractivity contribution < 1.29 is 4.79 Å². The average Bonchev–Trinajstić information content (AvgIpc) is 2.79. The maximum absolute atomic E-state index is 12.0. The molecule has 0 aliphatic carbocycles. The van der Waals surface area contributed by atoms with Crippen LogP contribution in [0.15, 0.2) is 24.4 Å². The summed E-state index contributed by atoms with van der Waals surface area (Å²) in [6.45, 7) is 4.38. The van der Waals surface area contributed by atoms with E-state index >= 15 is 0 Å². The van der Waals surface area contributed by atoms with Gasteiger partial charge in [0.05, 0.1) is 5.92 Å². The number of thiol groups is 1. The van der Waals surface area contributed by atoms with Crippen LogP contribution in [0, 0.1) is 11.8 Å². The quantitative estimate of drug-likeness (QED) is 0.804. The molecule has 4 nitrogen and oxygen atoms in total. The summed E-state index contributed by atoms with van der Waals surface area (Å²) in [5.74, 6) is 2.17. The molecule has 1 aromatic rings. The highest BCUT2D eigenvalue weighted by molar-refractivity contribution is 7.80. The Kier molecular flexibility index (Phi) is 4.47. The van der Waals surface area contributed by atoms with Crippen LogP contribution in [0.1, 0.15) is 6.92 Å². The van der Waals surface area contributed by atoms with Crippen LogP contribution in [0.25, 0.3) is 0 Å². The van der Waals surface area contributed by atoms with Crippen molar-refractivity contribution in [2.45, 2.75) is 6.92 Å². The molecule has 0 bridgehead atoms. The zero-order valence-electron chi connectivity index (χ0n) is 10.5. The van der Waals surface area contributed by atoms with Gasteiger partial charge in [-0.15, -0.1) is 0 Å². The standard InChI is InChI=1S/C13H19N3OS/c1-10-8-16(12-4-2-3-5-14-12)9-11(10)13(17)15-6-7-18/h2-5,10-11,18H,6-9H2,1H3,(H,15,17)/t10-,11-/m1/s1. The second-order valence-electron chi connectivity index (χ2n) is 4.69. The first-order chi connectivity index (χ1) is 8.72. The lowest BCUT2D eigenvalue weighted by Crippen LogP contribution is -2.35. The summed E-state index contributed by atoms with van der Waals surface area (Å²) < 4.78 is 0. The molecule has 0 saturated carbocycles. The Balaban J connectivity index is 1.98. The van der Waals surface area contributed by atoms with Gasteiger partial charge < -0.3 is 10.2 Å². The number of amides is 1. The predicted octanol–water partition coefficient (Wildman–Crippen LogP) is 1.20. The van der Waals surface area contributed by atoms with Crippen LogP contribution in [0.3, 0.4) is 0 Å². The largest absolute Gasteiger partial charge is 0.356 e. The van der Waals surface area contributed by atoms with Gasteiger partial charge in [0.1, 0.15) is 5.82 Å². The van der Waals surface area contributed by atoms with Gasteiger partial charge in [0.2, 0.25) is 5.91 Å². The van der Waals surface area contributed by atoms with Gasteiger partial charge >= 0.3 is 0 Å². The number of nitrogens with zero attached hydrogens (tertiary/aromatic N) is 2. The Labute approximate surface area is 113 Å². The summed E-state index contributed by atoms with van der Waals surface area (Å²) in [6, 6.07) is 5.86. The van der Waals surface area contributed by atoms with Crippen LogP contribution in [-0.2, 0) is 4.79 Å². The zero-order valence-corrected chi connectivity index (χ0v) is 11.4. The molecule has 0 unspecified atom stereocenters. The molecule has 1 aliphatic heterocycles. The first kappa shape index (κ1) is 13.2. The van der Waals surface area contributed by atoms with Gasteiger partial charge in [-0.3, -0.25) is 4.79 Å². The highest BCUT2D eigenvalue weighted by atomic mass is 32.1. The van der Waals surface area contributed by atoms with Gasteiger partial charge in [-0.25, -0.2) is 4.98 Å². The van der Waals surface area contributed by atoms with E-state index in [2.05, 4.69) is 34.8 Å². The fourth-order valence-electron chi connectivity index (χ4n) is 2.35. The van der Waals surface area contributed by atoms with Gasteiger partial charge in [0, 0.05) is 31.6 Å². The number of hydrogen-bond acceptors (Lipinski definition) is 4. The molecular weight excluding hydrogens is 246 g/mol. The zero-order chi connectivity index (χ0) is 13.0. The number of aromatic nitrogens is 1. The molecule has 0 aromatic carbocycles. The first-order valence-electron chi connectivity index (χ1n) is 6.27. The van der Waals surface area contributed by atoms with E-state index in [1.807, 2.05) is 18.2 Å². The number of carbonyl (C=O) groups excluding carboxylic acids is 1. The second kappa shape index (κ2) is 6.09. The van der Waals surface area contributed by atoms with Crippen molar-refractivity contribution in [3.63, 3.8) is 0 Å². The van der Waals surface area contributed by atoms with Gasteiger partial charge in [-0.05, 0) is 18.1 Å². The van der Waals surface area contributed by atoms with E-state index in [1.54, 1.807) is 6.20 Å². The number of carbonyl (C=O) groups is 1. The van der Waals surface area contributed by atoms with Crippen molar-refractivity contribution in [3.8, 4) is 0 Å². The molecule has 1 amide bonds. The number of nitrogens with one attached hydrogen (secondary N) is 1. The van der Waals surface area contributed by atoms with Crippen LogP contribution in [-0.4, -0.2) is 36.3 Å². The van der Waals surface area contributed by atoms with Gasteiger partial charge in [0.15, 0.2) is 0 Å². The molecule has 18 heavy (non-hydrogen) atoms. The number of hydrogen-bond donors (Lipinski definition) is 2. The third-order valence-corrected chi connectivity index (χ3v) is 3.56. The van der Waals surface area contributed by atoms with Crippen LogP contribution in [0.2, 0.25) is 0 Å². The first-order valence-corrected chi connectivity index (χ1v) is 6.90. The highest BCUT2D eigenvalue weighted by Crippen LogP contribution is 2.26. The van der Waals surface area contributed by atoms with Gasteiger partial charge in [0.25, 0.3) is 0 Å².